The molecule has 1 rings (SSSR count). The summed E-state index contributed by atoms with van der Waals surface area (Å²) in [6.07, 6.45) is 2.86. The molecule has 0 saturated heterocycles. The molecule has 1 aromatic rings. The van der Waals surface area contributed by atoms with E-state index in [0.717, 1.165) is 37.2 Å². The van der Waals surface area contributed by atoms with Crippen molar-refractivity contribution in [3.8, 4) is 0 Å². The summed E-state index contributed by atoms with van der Waals surface area (Å²) in [7, 11) is 1.51. The van der Waals surface area contributed by atoms with Gasteiger partial charge in [0.1, 0.15) is 4.21 Å². The van der Waals surface area contributed by atoms with Crippen molar-refractivity contribution in [3.05, 3.63) is 16.5 Å². The monoisotopic (exact) mass is 353 g/mol. The topological polar surface area (TPSA) is 72.5 Å². The van der Waals surface area contributed by atoms with Crippen molar-refractivity contribution in [2.45, 2.75) is 37.3 Å². The lowest BCUT2D eigenvalue weighted by Crippen LogP contribution is -2.25. The third-order valence-corrected chi connectivity index (χ3v) is 6.16. The molecule has 1 heterocycles. The minimum atomic E-state index is -3.79. The molecule has 0 aliphatic heterocycles. The summed E-state index contributed by atoms with van der Waals surface area (Å²) in [6, 6.07) is 0. The van der Waals surface area contributed by atoms with Crippen LogP contribution in [0.5, 0.6) is 0 Å². The number of thiophene rings is 1. The highest BCUT2D eigenvalue weighted by molar-refractivity contribution is 8.15. The fraction of sp³-hybridized carbons (Fsp3) is 0.615. The molecule has 0 aliphatic carbocycles. The van der Waals surface area contributed by atoms with Gasteiger partial charge in [0.2, 0.25) is 0 Å². The van der Waals surface area contributed by atoms with Gasteiger partial charge in [-0.2, -0.15) is 0 Å². The first-order valence-electron chi connectivity index (χ1n) is 6.76. The van der Waals surface area contributed by atoms with Gasteiger partial charge in [0, 0.05) is 35.8 Å². The Morgan fingerprint density at radius 1 is 1.38 bits per heavy atom. The Morgan fingerprint density at radius 2 is 2.05 bits per heavy atom. The van der Waals surface area contributed by atoms with E-state index in [1.165, 1.54) is 5.38 Å². The van der Waals surface area contributed by atoms with Crippen LogP contribution in [0.1, 0.15) is 42.1 Å². The summed E-state index contributed by atoms with van der Waals surface area (Å²) in [4.78, 5) is 12.0. The Kier molecular flexibility index (Phi) is 7.65. The van der Waals surface area contributed by atoms with Gasteiger partial charge in [-0.1, -0.05) is 13.3 Å². The number of hydrogen-bond donors (Lipinski definition) is 1. The van der Waals surface area contributed by atoms with E-state index >= 15 is 0 Å². The number of halogens is 1. The summed E-state index contributed by atoms with van der Waals surface area (Å²) in [5.41, 5.74) is 0.748. The Hall–Kier alpha value is -0.630. The average molecular weight is 354 g/mol. The van der Waals surface area contributed by atoms with Gasteiger partial charge in [-0.15, -0.1) is 11.3 Å². The molecule has 0 bridgehead atoms. The molecule has 21 heavy (non-hydrogen) atoms. The second-order valence-corrected chi connectivity index (χ2v) is 8.22. The van der Waals surface area contributed by atoms with Crippen LogP contribution in [0.3, 0.4) is 0 Å². The van der Waals surface area contributed by atoms with Crippen molar-refractivity contribution in [1.29, 1.82) is 0 Å². The van der Waals surface area contributed by atoms with Crippen LogP contribution in [0.2, 0.25) is 0 Å². The molecule has 0 unspecified atom stereocenters. The van der Waals surface area contributed by atoms with Gasteiger partial charge in [0.05, 0.1) is 5.56 Å². The van der Waals surface area contributed by atoms with E-state index in [1.54, 1.807) is 6.92 Å². The van der Waals surface area contributed by atoms with Gasteiger partial charge in [0.15, 0.2) is 0 Å². The van der Waals surface area contributed by atoms with Crippen molar-refractivity contribution in [2.24, 2.45) is 0 Å². The summed E-state index contributed by atoms with van der Waals surface area (Å²) in [6.45, 7) is 5.51. The zero-order valence-corrected chi connectivity index (χ0v) is 14.5. The quantitative estimate of drug-likeness (QED) is 0.547. The highest BCUT2D eigenvalue weighted by Gasteiger charge is 2.21. The standard InChI is InChI=1S/C13H20ClNO4S2/c1-3-4-7-19-8-5-6-15-12(16)11-9-20-13(10(11)2)21(14,17)18/h9H,3-8H2,1-2H3,(H,15,16). The second-order valence-electron chi connectivity index (χ2n) is 4.58. The largest absolute Gasteiger partial charge is 0.381 e. The van der Waals surface area contributed by atoms with Gasteiger partial charge in [-0.3, -0.25) is 4.79 Å². The Balaban J connectivity index is 2.42. The lowest BCUT2D eigenvalue weighted by molar-refractivity contribution is 0.0940. The van der Waals surface area contributed by atoms with Crippen molar-refractivity contribution >= 4 is 37.0 Å². The lowest BCUT2D eigenvalue weighted by atomic mass is 10.2. The summed E-state index contributed by atoms with van der Waals surface area (Å²) in [5, 5.41) is 4.26. The van der Waals surface area contributed by atoms with E-state index < -0.39 is 9.05 Å². The van der Waals surface area contributed by atoms with Gasteiger partial charge in [-0.05, 0) is 25.3 Å². The minimum absolute atomic E-state index is 0.0252. The van der Waals surface area contributed by atoms with Crippen LogP contribution in [-0.4, -0.2) is 34.1 Å². The molecule has 120 valence electrons. The number of carbonyl (C=O) groups excluding carboxylic acids is 1. The predicted molar refractivity (Wildman–Crippen MR) is 84.8 cm³/mol. The molecule has 5 nitrogen and oxygen atoms in total. The van der Waals surface area contributed by atoms with Crippen LogP contribution in [-0.2, 0) is 13.8 Å². The number of amides is 1. The van der Waals surface area contributed by atoms with Crippen molar-refractivity contribution < 1.29 is 17.9 Å². The van der Waals surface area contributed by atoms with E-state index in [9.17, 15) is 13.2 Å². The van der Waals surface area contributed by atoms with Gasteiger partial charge in [0.25, 0.3) is 15.0 Å². The third-order valence-electron chi connectivity index (χ3n) is 2.85. The van der Waals surface area contributed by atoms with E-state index in [0.29, 0.717) is 24.3 Å². The van der Waals surface area contributed by atoms with E-state index in [-0.39, 0.29) is 10.1 Å². The van der Waals surface area contributed by atoms with Crippen LogP contribution >= 0.6 is 22.0 Å². The normalized spacial score (nSPS) is 11.6. The highest BCUT2D eigenvalue weighted by atomic mass is 35.7. The zero-order chi connectivity index (χ0) is 15.9. The molecule has 0 aliphatic rings. The van der Waals surface area contributed by atoms with Crippen LogP contribution in [0, 0.1) is 6.92 Å². The van der Waals surface area contributed by atoms with Crippen LogP contribution in [0.4, 0.5) is 0 Å². The van der Waals surface area contributed by atoms with Crippen LogP contribution < -0.4 is 5.32 Å². The molecular weight excluding hydrogens is 334 g/mol. The molecule has 0 saturated carbocycles. The first-order chi connectivity index (χ1) is 9.88. The summed E-state index contributed by atoms with van der Waals surface area (Å²) in [5.74, 6) is -0.288. The van der Waals surface area contributed by atoms with Crippen molar-refractivity contribution in [1.82, 2.24) is 5.32 Å². The van der Waals surface area contributed by atoms with Crippen molar-refractivity contribution in [3.63, 3.8) is 0 Å². The molecule has 0 radical (unpaired) electrons. The number of rotatable bonds is 9. The maximum atomic E-state index is 12.0. The van der Waals surface area contributed by atoms with Gasteiger partial charge in [-0.25, -0.2) is 8.42 Å². The van der Waals surface area contributed by atoms with E-state index in [1.807, 2.05) is 0 Å². The number of hydrogen-bond acceptors (Lipinski definition) is 5. The number of ether oxygens (including phenoxy) is 1. The maximum absolute atomic E-state index is 12.0. The Bertz CT molecular complexity index is 569. The molecule has 0 spiro atoms. The minimum Gasteiger partial charge on any atom is -0.381 e. The summed E-state index contributed by atoms with van der Waals surface area (Å²) < 4.78 is 28.0. The van der Waals surface area contributed by atoms with Crippen LogP contribution in [0.15, 0.2) is 9.59 Å². The smallest absolute Gasteiger partial charge is 0.271 e. The van der Waals surface area contributed by atoms with Crippen molar-refractivity contribution in [2.75, 3.05) is 19.8 Å². The fourth-order valence-electron chi connectivity index (χ4n) is 1.68. The maximum Gasteiger partial charge on any atom is 0.271 e. The lowest BCUT2D eigenvalue weighted by Gasteiger charge is -2.06. The molecule has 0 atom stereocenters. The molecule has 0 aromatic carbocycles. The first kappa shape index (κ1) is 18.4. The van der Waals surface area contributed by atoms with Gasteiger partial charge >= 0.3 is 0 Å². The average Bonchev–Trinajstić information content (AvgIpc) is 2.79. The first-order valence-corrected chi connectivity index (χ1v) is 9.95. The molecule has 0 fully saturated rings. The second kappa shape index (κ2) is 8.73. The molecule has 1 N–H and O–H groups in total. The zero-order valence-electron chi connectivity index (χ0n) is 12.1. The van der Waals surface area contributed by atoms with Gasteiger partial charge < -0.3 is 10.1 Å². The fourth-order valence-corrected chi connectivity index (χ4v) is 4.23. The number of nitrogens with one attached hydrogen (secondary N) is 1. The molecule has 8 heteroatoms. The van der Waals surface area contributed by atoms with E-state index in [2.05, 4.69) is 12.2 Å². The molecular formula is C13H20ClNO4S2. The Labute approximate surface area is 134 Å². The van der Waals surface area contributed by atoms with Crippen LogP contribution in [0.25, 0.3) is 0 Å². The van der Waals surface area contributed by atoms with E-state index in [4.69, 9.17) is 15.4 Å². The number of carbonyl (C=O) groups is 1. The molecule has 1 aromatic heterocycles. The third kappa shape index (κ3) is 5.94. The number of unbranched alkanes of at least 4 members (excludes halogenated alkanes) is 1. The summed E-state index contributed by atoms with van der Waals surface area (Å²) >= 11 is 0.959. The Morgan fingerprint density at radius 3 is 2.62 bits per heavy atom. The molecule has 1 amide bonds. The predicted octanol–water partition coefficient (Wildman–Crippen LogP) is 2.92. The SMILES string of the molecule is CCCCOCCCNC(=O)c1csc(S(=O)(=O)Cl)c1C. The highest BCUT2D eigenvalue weighted by Crippen LogP contribution is 2.29.